The number of amides is 3. The van der Waals surface area contributed by atoms with Gasteiger partial charge in [0.25, 0.3) is 5.91 Å². The molecular formula is C82H100N6O2. The first-order valence-electron chi connectivity index (χ1n) is 33.6. The molecule has 3 aromatic heterocycles. The molecule has 2 saturated carbocycles. The predicted molar refractivity (Wildman–Crippen MR) is 381 cm³/mol. The van der Waals surface area contributed by atoms with Crippen LogP contribution in [-0.4, -0.2) is 48.9 Å². The molecule has 0 saturated heterocycles. The Balaban J connectivity index is 1.24. The molecule has 0 spiro atoms. The maximum atomic E-state index is 15.0. The van der Waals surface area contributed by atoms with Gasteiger partial charge in [-0.2, -0.15) is 0 Å². The Morgan fingerprint density at radius 3 is 0.967 bits per heavy atom. The number of aromatic nitrogens is 4. The highest BCUT2D eigenvalue weighted by Crippen LogP contribution is 2.44. The maximum absolute atomic E-state index is 15.0. The summed E-state index contributed by atoms with van der Waals surface area (Å²) in [7, 11) is 0. The molecule has 8 nitrogen and oxygen atoms in total. The van der Waals surface area contributed by atoms with Crippen LogP contribution in [0, 0.1) is 0 Å². The molecule has 470 valence electrons. The van der Waals surface area contributed by atoms with Gasteiger partial charge in [0, 0.05) is 62.0 Å². The predicted octanol–water partition coefficient (Wildman–Crippen LogP) is 21.9. The first-order valence-corrected chi connectivity index (χ1v) is 33.6. The standard InChI is InChI=1S/C82H100N6O2/c1-77(2,3)55-41-52(42-56(47-55)78(4,5)6)72-65-35-33-63(84-65)71(50-29-31-51(32-30-50)75(89)88(62-27-23-20-24-28-62)76(90)83-61-25-21-19-22-26-61)64-34-36-66(85-64)73(53-43-57(79(7,8)9)48-58(44-53)80(10,11)12)68-38-40-70(87-68)74(69-39-37-67(72)86-69)54-45-59(81(13,14)15)49-60(46-54)82(16,17)18/h29-49,61-62,84,87H,19-28H2,1-18H3,(H,83,90). The van der Waals surface area contributed by atoms with Crippen molar-refractivity contribution in [3.8, 4) is 44.5 Å². The number of hydrogen-bond acceptors (Lipinski definition) is 4. The van der Waals surface area contributed by atoms with Crippen LogP contribution in [0.15, 0.2) is 103 Å². The van der Waals surface area contributed by atoms with Crippen LogP contribution in [0.2, 0.25) is 0 Å². The molecule has 2 fully saturated rings. The minimum absolute atomic E-state index is 0.0894. The number of hydrogen-bond donors (Lipinski definition) is 3. The Morgan fingerprint density at radius 2 is 0.667 bits per heavy atom. The van der Waals surface area contributed by atoms with Crippen LogP contribution in [0.1, 0.15) is 255 Å². The van der Waals surface area contributed by atoms with E-state index in [-0.39, 0.29) is 56.5 Å². The van der Waals surface area contributed by atoms with E-state index >= 15 is 4.79 Å². The van der Waals surface area contributed by atoms with Gasteiger partial charge in [0.15, 0.2) is 0 Å². The summed E-state index contributed by atoms with van der Waals surface area (Å²) in [6, 6.07) is 37.9. The molecule has 0 unspecified atom stereocenters. The third kappa shape index (κ3) is 13.4. The molecule has 11 rings (SSSR count). The van der Waals surface area contributed by atoms with Crippen molar-refractivity contribution >= 4 is 58.3 Å². The minimum Gasteiger partial charge on any atom is -0.354 e. The smallest absolute Gasteiger partial charge is 0.324 e. The van der Waals surface area contributed by atoms with Crippen LogP contribution >= 0.6 is 0 Å². The normalized spacial score (nSPS) is 15.6. The summed E-state index contributed by atoms with van der Waals surface area (Å²) in [6.45, 7) is 41.4. The van der Waals surface area contributed by atoms with Gasteiger partial charge in [-0.3, -0.25) is 9.69 Å². The Bertz CT molecular complexity index is 3970. The van der Waals surface area contributed by atoms with E-state index in [1.165, 1.54) is 39.8 Å². The molecular weight excluding hydrogens is 1100 g/mol. The number of nitrogens with zero attached hydrogens (tertiary/aromatic N) is 3. The molecule has 4 aromatic carbocycles. The topological polar surface area (TPSA) is 107 Å². The Morgan fingerprint density at radius 1 is 0.378 bits per heavy atom. The first-order chi connectivity index (χ1) is 42.2. The second-order valence-electron chi connectivity index (χ2n) is 32.7. The monoisotopic (exact) mass is 1200 g/mol. The van der Waals surface area contributed by atoms with E-state index in [9.17, 15) is 4.79 Å². The molecule has 0 radical (unpaired) electrons. The number of benzene rings is 4. The lowest BCUT2D eigenvalue weighted by molar-refractivity contribution is 0.0701. The average molecular weight is 1200 g/mol. The number of fused-ring (bicyclic) bond motifs is 8. The van der Waals surface area contributed by atoms with Crippen molar-refractivity contribution < 1.29 is 9.59 Å². The molecule has 3 N–H and O–H groups in total. The minimum atomic E-state index is -0.259. The molecule has 90 heavy (non-hydrogen) atoms. The molecule has 5 heterocycles. The summed E-state index contributed by atoms with van der Waals surface area (Å²) in [4.78, 5) is 50.7. The number of nitrogens with one attached hydrogen (secondary N) is 3. The van der Waals surface area contributed by atoms with Gasteiger partial charge in [-0.15, -0.1) is 0 Å². The lowest BCUT2D eigenvalue weighted by atomic mass is 9.78. The number of H-pyrrole nitrogens is 2. The van der Waals surface area contributed by atoms with Crippen molar-refractivity contribution in [1.82, 2.24) is 30.2 Å². The van der Waals surface area contributed by atoms with Crippen molar-refractivity contribution in [3.63, 3.8) is 0 Å². The SMILES string of the molecule is CC(C)(C)c1cc(-c2c3nc(c(-c4cc(C(C)(C)C)cc(C(C)(C)C)c4)c4ccc([nH]4)c(-c4cc(C(C)(C)C)cc(C(C)(C)C)c4)c4nc(c(-c5ccc(C(=O)N(C(=O)NC6CCCCC6)C6CCCCC6)cc5)c5ccc2[nH]5)C=C4)C=C3)cc(C(C)(C)C)c1. The van der Waals surface area contributed by atoms with Gasteiger partial charge in [0.05, 0.1) is 22.8 Å². The molecule has 2 aliphatic carbocycles. The Kier molecular flexibility index (Phi) is 17.0. The van der Waals surface area contributed by atoms with E-state index in [0.717, 1.165) is 147 Å². The number of rotatable bonds is 7. The summed E-state index contributed by atoms with van der Waals surface area (Å²) in [5.41, 5.74) is 22.3. The lowest BCUT2D eigenvalue weighted by Crippen LogP contribution is -2.52. The second kappa shape index (κ2) is 23.9. The summed E-state index contributed by atoms with van der Waals surface area (Å²) >= 11 is 0. The molecule has 8 bridgehead atoms. The van der Waals surface area contributed by atoms with E-state index < -0.39 is 0 Å². The number of carbonyl (C=O) groups is 2. The highest BCUT2D eigenvalue weighted by atomic mass is 16.2. The quantitative estimate of drug-likeness (QED) is 0.148. The van der Waals surface area contributed by atoms with E-state index in [1.54, 1.807) is 4.90 Å². The van der Waals surface area contributed by atoms with Crippen molar-refractivity contribution in [2.75, 3.05) is 0 Å². The van der Waals surface area contributed by atoms with Crippen molar-refractivity contribution in [2.24, 2.45) is 0 Å². The van der Waals surface area contributed by atoms with Crippen molar-refractivity contribution in [2.45, 2.75) is 233 Å². The van der Waals surface area contributed by atoms with Crippen LogP contribution in [0.4, 0.5) is 4.79 Å². The summed E-state index contributed by atoms with van der Waals surface area (Å²) in [5, 5.41) is 3.31. The molecule has 4 aliphatic rings. The zero-order valence-electron chi connectivity index (χ0n) is 57.5. The number of urea groups is 1. The van der Waals surface area contributed by atoms with Crippen LogP contribution in [0.5, 0.6) is 0 Å². The third-order valence-corrected chi connectivity index (χ3v) is 19.3. The Hall–Kier alpha value is -7.58. The molecule has 3 amide bonds. The van der Waals surface area contributed by atoms with Gasteiger partial charge in [0.1, 0.15) is 0 Å². The first kappa shape index (κ1) is 64.0. The van der Waals surface area contributed by atoms with Crippen molar-refractivity contribution in [3.05, 3.63) is 165 Å². The number of carbonyl (C=O) groups excluding carboxylic acids is 2. The van der Waals surface area contributed by atoms with Crippen LogP contribution < -0.4 is 5.32 Å². The highest BCUT2D eigenvalue weighted by molar-refractivity contribution is 6.06. The van der Waals surface area contributed by atoms with Crippen LogP contribution in [-0.2, 0) is 32.5 Å². The maximum Gasteiger partial charge on any atom is 0.324 e. The highest BCUT2D eigenvalue weighted by Gasteiger charge is 2.34. The van der Waals surface area contributed by atoms with Gasteiger partial charge in [-0.05, 0) is 175 Å². The molecule has 2 aliphatic heterocycles. The summed E-state index contributed by atoms with van der Waals surface area (Å²) in [6.07, 6.45) is 18.8. The van der Waals surface area contributed by atoms with Gasteiger partial charge >= 0.3 is 6.03 Å². The lowest BCUT2D eigenvalue weighted by Gasteiger charge is -2.34. The van der Waals surface area contributed by atoms with E-state index in [4.69, 9.17) is 9.97 Å². The molecule has 8 heteroatoms. The fourth-order valence-electron chi connectivity index (χ4n) is 13.5. The van der Waals surface area contributed by atoms with E-state index in [2.05, 4.69) is 243 Å². The van der Waals surface area contributed by atoms with Gasteiger partial charge < -0.3 is 15.3 Å². The zero-order valence-corrected chi connectivity index (χ0v) is 57.5. The molecule has 0 atom stereocenters. The van der Waals surface area contributed by atoms with Gasteiger partial charge in [-0.1, -0.05) is 230 Å². The zero-order chi connectivity index (χ0) is 64.6. The summed E-state index contributed by atoms with van der Waals surface area (Å²) in [5.74, 6) is -0.248. The van der Waals surface area contributed by atoms with Crippen LogP contribution in [0.3, 0.4) is 0 Å². The molecule has 7 aromatic rings. The number of imide groups is 1. The number of aromatic amines is 2. The average Bonchev–Trinajstić information content (AvgIpc) is 1.53. The van der Waals surface area contributed by atoms with Gasteiger partial charge in [-0.25, -0.2) is 14.8 Å². The van der Waals surface area contributed by atoms with Crippen LogP contribution in [0.25, 0.3) is 90.9 Å². The fourth-order valence-corrected chi connectivity index (χ4v) is 13.5. The van der Waals surface area contributed by atoms with Crippen molar-refractivity contribution in [1.29, 1.82) is 0 Å². The van der Waals surface area contributed by atoms with E-state index in [1.807, 2.05) is 24.3 Å². The Labute approximate surface area is 538 Å². The fraction of sp³-hybridized carbons (Fsp3) is 0.439. The summed E-state index contributed by atoms with van der Waals surface area (Å²) < 4.78 is 0. The second-order valence-corrected chi connectivity index (χ2v) is 32.7. The third-order valence-electron chi connectivity index (χ3n) is 19.3. The van der Waals surface area contributed by atoms with Gasteiger partial charge in [0.2, 0.25) is 0 Å². The van der Waals surface area contributed by atoms with E-state index in [0.29, 0.717) is 5.56 Å². The largest absolute Gasteiger partial charge is 0.354 e.